The number of non-ortho nitro benzene ring substituents is 1. The number of nitrogens with zero attached hydrogens (tertiary/aromatic N) is 1. The van der Waals surface area contributed by atoms with Gasteiger partial charge in [-0.2, -0.15) is 0 Å². The molecule has 7 nitrogen and oxygen atoms in total. The number of nitro groups is 1. The van der Waals surface area contributed by atoms with E-state index in [2.05, 4.69) is 36.7 Å². The van der Waals surface area contributed by atoms with Crippen molar-refractivity contribution in [3.05, 3.63) is 55.0 Å². The molecule has 0 aromatic heterocycles. The maximum Gasteiger partial charge on any atom is 0.352 e. The molecule has 0 aliphatic heterocycles. The molecule has 2 rings (SSSR count). The maximum absolute atomic E-state index is 10.9. The fraction of sp³-hybridized carbons (Fsp3) is 0.188. The van der Waals surface area contributed by atoms with Crippen molar-refractivity contribution >= 4 is 43.5 Å². The summed E-state index contributed by atoms with van der Waals surface area (Å²) in [6.07, 6.45) is 0.584. The van der Waals surface area contributed by atoms with E-state index in [9.17, 15) is 14.9 Å². The van der Waals surface area contributed by atoms with E-state index < -0.39 is 10.9 Å². The molecule has 9 heteroatoms. The first-order valence-corrected chi connectivity index (χ1v) is 8.70. The lowest BCUT2D eigenvalue weighted by Gasteiger charge is -2.15. The number of benzene rings is 2. The van der Waals surface area contributed by atoms with Crippen LogP contribution in [-0.2, 0) is 16.1 Å². The second-order valence-electron chi connectivity index (χ2n) is 4.84. The van der Waals surface area contributed by atoms with E-state index in [1.165, 1.54) is 31.2 Å². The van der Waals surface area contributed by atoms with Crippen LogP contribution in [0.5, 0.6) is 17.2 Å². The zero-order chi connectivity index (χ0) is 18.6. The Kier molecular flexibility index (Phi) is 6.38. The van der Waals surface area contributed by atoms with Crippen LogP contribution >= 0.6 is 31.9 Å². The molecule has 0 bridgehead atoms. The van der Waals surface area contributed by atoms with Crippen LogP contribution in [0.2, 0.25) is 0 Å². The first kappa shape index (κ1) is 19.2. The SMILES string of the molecule is CCc1c(OOC(C)=O)cc(Br)c(Oc2ccc([N+](=O)[O-])cc2)c1Br. The Morgan fingerprint density at radius 3 is 2.40 bits per heavy atom. The van der Waals surface area contributed by atoms with Crippen LogP contribution in [0.25, 0.3) is 0 Å². The molecule has 0 heterocycles. The van der Waals surface area contributed by atoms with Crippen molar-refractivity contribution in [1.82, 2.24) is 0 Å². The van der Waals surface area contributed by atoms with Gasteiger partial charge in [-0.05, 0) is 50.4 Å². The van der Waals surface area contributed by atoms with E-state index in [4.69, 9.17) is 9.62 Å². The summed E-state index contributed by atoms with van der Waals surface area (Å²) in [4.78, 5) is 30.8. The summed E-state index contributed by atoms with van der Waals surface area (Å²) in [7, 11) is 0. The Morgan fingerprint density at radius 1 is 1.24 bits per heavy atom. The third kappa shape index (κ3) is 4.70. The number of halogens is 2. The number of nitro benzene ring substituents is 1. The van der Waals surface area contributed by atoms with Crippen LogP contribution in [0.1, 0.15) is 19.4 Å². The molecular weight excluding hydrogens is 462 g/mol. The van der Waals surface area contributed by atoms with Crippen molar-refractivity contribution in [3.63, 3.8) is 0 Å². The Bertz CT molecular complexity index is 807. The monoisotopic (exact) mass is 473 g/mol. The molecule has 0 aliphatic carbocycles. The molecule has 25 heavy (non-hydrogen) atoms. The average molecular weight is 475 g/mol. The highest BCUT2D eigenvalue weighted by Crippen LogP contribution is 2.43. The molecule has 0 saturated carbocycles. The molecule has 0 N–H and O–H groups in total. The highest BCUT2D eigenvalue weighted by Gasteiger charge is 2.19. The highest BCUT2D eigenvalue weighted by molar-refractivity contribution is 9.11. The Morgan fingerprint density at radius 2 is 1.88 bits per heavy atom. The number of carbonyl (C=O) groups is 1. The van der Waals surface area contributed by atoms with Crippen molar-refractivity contribution < 1.29 is 24.2 Å². The van der Waals surface area contributed by atoms with Gasteiger partial charge in [-0.1, -0.05) is 6.92 Å². The lowest BCUT2D eigenvalue weighted by Crippen LogP contribution is -2.05. The molecule has 0 amide bonds. The largest absolute Gasteiger partial charge is 0.455 e. The zero-order valence-corrected chi connectivity index (χ0v) is 16.4. The molecule has 2 aromatic carbocycles. The van der Waals surface area contributed by atoms with Gasteiger partial charge in [-0.3, -0.25) is 19.9 Å². The van der Waals surface area contributed by atoms with Crippen LogP contribution in [0.3, 0.4) is 0 Å². The zero-order valence-electron chi connectivity index (χ0n) is 13.2. The third-order valence-electron chi connectivity index (χ3n) is 3.11. The van der Waals surface area contributed by atoms with E-state index in [0.29, 0.717) is 32.6 Å². The van der Waals surface area contributed by atoms with Gasteiger partial charge in [0.05, 0.1) is 13.9 Å². The summed E-state index contributed by atoms with van der Waals surface area (Å²) in [5.74, 6) is 0.705. The first-order chi connectivity index (χ1) is 11.8. The van der Waals surface area contributed by atoms with Crippen molar-refractivity contribution in [1.29, 1.82) is 0 Å². The summed E-state index contributed by atoms with van der Waals surface area (Å²) >= 11 is 6.84. The number of rotatable bonds is 6. The van der Waals surface area contributed by atoms with Crippen LogP contribution in [-0.4, -0.2) is 10.9 Å². The van der Waals surface area contributed by atoms with Crippen LogP contribution in [0, 0.1) is 10.1 Å². The molecular formula is C16H13Br2NO6. The van der Waals surface area contributed by atoms with Crippen LogP contribution in [0.15, 0.2) is 39.3 Å². The Labute approximate surface area is 160 Å². The molecule has 2 aromatic rings. The average Bonchev–Trinajstić information content (AvgIpc) is 2.57. The van der Waals surface area contributed by atoms with E-state index >= 15 is 0 Å². The van der Waals surface area contributed by atoms with Gasteiger partial charge in [0.15, 0.2) is 11.5 Å². The van der Waals surface area contributed by atoms with Gasteiger partial charge in [-0.25, -0.2) is 4.79 Å². The lowest BCUT2D eigenvalue weighted by atomic mass is 10.1. The quantitative estimate of drug-likeness (QED) is 0.319. The summed E-state index contributed by atoms with van der Waals surface area (Å²) in [6.45, 7) is 3.14. The smallest absolute Gasteiger partial charge is 0.352 e. The number of carbonyl (C=O) groups excluding carboxylic acids is 1. The molecule has 0 unspecified atom stereocenters. The fourth-order valence-electron chi connectivity index (χ4n) is 1.97. The van der Waals surface area contributed by atoms with Gasteiger partial charge in [-0.15, -0.1) is 0 Å². The van der Waals surface area contributed by atoms with E-state index in [0.717, 1.165) is 5.56 Å². The van der Waals surface area contributed by atoms with Gasteiger partial charge >= 0.3 is 5.97 Å². The van der Waals surface area contributed by atoms with Gasteiger partial charge in [0.1, 0.15) is 5.75 Å². The van der Waals surface area contributed by atoms with E-state index in [1.807, 2.05) is 6.92 Å². The van der Waals surface area contributed by atoms with Gasteiger partial charge in [0.25, 0.3) is 5.69 Å². The van der Waals surface area contributed by atoms with Crippen LogP contribution in [0.4, 0.5) is 5.69 Å². The summed E-state index contributed by atoms with van der Waals surface area (Å²) < 4.78 is 6.99. The van der Waals surface area contributed by atoms with Crippen molar-refractivity contribution in [3.8, 4) is 17.2 Å². The molecule has 0 aliphatic rings. The van der Waals surface area contributed by atoms with Gasteiger partial charge in [0.2, 0.25) is 0 Å². The lowest BCUT2D eigenvalue weighted by molar-refractivity contribution is -0.384. The molecule has 0 saturated heterocycles. The summed E-state index contributed by atoms with van der Waals surface area (Å²) in [5.41, 5.74) is 0.714. The highest BCUT2D eigenvalue weighted by atomic mass is 79.9. The van der Waals surface area contributed by atoms with Gasteiger partial charge < -0.3 is 4.74 Å². The predicted octanol–water partition coefficient (Wildman–Crippen LogP) is 5.33. The van der Waals surface area contributed by atoms with Crippen molar-refractivity contribution in [2.45, 2.75) is 20.3 Å². The topological polar surface area (TPSA) is 87.9 Å². The minimum Gasteiger partial charge on any atom is -0.455 e. The Balaban J connectivity index is 2.34. The predicted molar refractivity (Wildman–Crippen MR) is 96.8 cm³/mol. The second-order valence-corrected chi connectivity index (χ2v) is 6.49. The number of hydrogen-bond acceptors (Lipinski definition) is 6. The van der Waals surface area contributed by atoms with E-state index in [-0.39, 0.29) is 5.69 Å². The second kappa shape index (κ2) is 8.30. The Hall–Kier alpha value is -2.13. The molecule has 0 fully saturated rings. The number of hydrogen-bond donors (Lipinski definition) is 0. The fourth-order valence-corrected chi connectivity index (χ4v) is 3.50. The molecule has 0 radical (unpaired) electrons. The summed E-state index contributed by atoms with van der Waals surface area (Å²) in [5, 5.41) is 10.7. The minimum absolute atomic E-state index is 0.0233. The van der Waals surface area contributed by atoms with Gasteiger partial charge in [0, 0.05) is 30.7 Å². The molecule has 0 spiro atoms. The minimum atomic E-state index is -0.569. The van der Waals surface area contributed by atoms with Crippen molar-refractivity contribution in [2.75, 3.05) is 0 Å². The third-order valence-corrected chi connectivity index (χ3v) is 4.53. The van der Waals surface area contributed by atoms with Crippen molar-refractivity contribution in [2.24, 2.45) is 0 Å². The molecule has 132 valence electrons. The summed E-state index contributed by atoms with van der Waals surface area (Å²) in [6, 6.07) is 7.34. The standard InChI is InChI=1S/C16H13Br2NO6/c1-3-12-14(25-24-9(2)20)8-13(17)16(15(12)18)23-11-6-4-10(5-7-11)19(21)22/h4-8H,3H2,1-2H3. The molecule has 0 atom stereocenters. The normalized spacial score (nSPS) is 10.2. The number of ether oxygens (including phenoxy) is 1. The maximum atomic E-state index is 10.9. The first-order valence-electron chi connectivity index (χ1n) is 7.11. The van der Waals surface area contributed by atoms with E-state index in [1.54, 1.807) is 6.07 Å². The van der Waals surface area contributed by atoms with Crippen LogP contribution < -0.4 is 9.62 Å².